The smallest absolute Gasteiger partial charge is 0.416 e. The number of aromatic nitrogens is 2. The number of ether oxygens (including phenoxy) is 1. The van der Waals surface area contributed by atoms with Crippen LogP contribution in [0.3, 0.4) is 0 Å². The Morgan fingerprint density at radius 3 is 2.18 bits per heavy atom. The topological polar surface area (TPSA) is 153 Å². The first kappa shape index (κ1) is 34.7. The van der Waals surface area contributed by atoms with Gasteiger partial charge >= 0.3 is 12.1 Å². The van der Waals surface area contributed by atoms with Crippen LogP contribution in [-0.4, -0.2) is 47.7 Å². The molecule has 0 saturated heterocycles. The molecule has 0 aliphatic carbocycles. The van der Waals surface area contributed by atoms with Gasteiger partial charge in [0.05, 0.1) is 5.69 Å². The van der Waals surface area contributed by atoms with Crippen molar-refractivity contribution < 1.29 is 27.9 Å². The van der Waals surface area contributed by atoms with Gasteiger partial charge in [-0.3, -0.25) is 9.69 Å². The Balaban J connectivity index is 2.12. The van der Waals surface area contributed by atoms with E-state index in [1.165, 1.54) is 30.5 Å². The van der Waals surface area contributed by atoms with Crippen LogP contribution in [0.15, 0.2) is 71.9 Å². The van der Waals surface area contributed by atoms with E-state index in [4.69, 9.17) is 10.5 Å². The van der Waals surface area contributed by atoms with Gasteiger partial charge < -0.3 is 15.6 Å². The van der Waals surface area contributed by atoms with Crippen molar-refractivity contribution in [2.24, 2.45) is 11.7 Å². The lowest BCUT2D eigenvalue weighted by molar-refractivity contribution is -0.135. The minimum Gasteiger partial charge on any atom is -0.480 e. The molecule has 0 bridgehead atoms. The van der Waals surface area contributed by atoms with Crippen molar-refractivity contribution in [2.45, 2.75) is 88.6 Å². The van der Waals surface area contributed by atoms with Crippen LogP contribution in [0.5, 0.6) is 0 Å². The van der Waals surface area contributed by atoms with Crippen LogP contribution in [0.4, 0.5) is 10.6 Å². The van der Waals surface area contributed by atoms with Gasteiger partial charge in [0, 0.05) is 12.6 Å². The monoisotopic (exact) mass is 624 g/mol. The molecule has 2 heterocycles. The number of aliphatic carboxylic acids is 1. The van der Waals surface area contributed by atoms with E-state index in [2.05, 4.69) is 37.7 Å². The fourth-order valence-corrected chi connectivity index (χ4v) is 6.26. The summed E-state index contributed by atoms with van der Waals surface area (Å²) in [5.41, 5.74) is 7.57. The highest BCUT2D eigenvalue weighted by Crippen LogP contribution is 2.35. The molecule has 44 heavy (non-hydrogen) atoms. The molecule has 0 saturated carbocycles. The Hall–Kier alpha value is -3.83. The number of carbonyl (C=O) groups excluding carboxylic acids is 1. The number of carboxylic acid groups (broad SMARTS) is 1. The van der Waals surface area contributed by atoms with E-state index < -0.39 is 38.9 Å². The standard InChI is InChI=1S/C33H44N4O6S/c1-23(2)18-19-32(6,7)25-16-14-24(15-17-25)21-33(34,44(41,42)28-13-8-9-20-35-28)26-11-10-12-27(36-26)37(22-29(38)39)30(40)43-31(3,4)5/h8-17,20,23H,18-19,21-22,34H2,1-7H3,(H,38,39). The van der Waals surface area contributed by atoms with Gasteiger partial charge in [-0.25, -0.2) is 23.2 Å². The second-order valence-corrected chi connectivity index (χ2v) is 15.2. The predicted molar refractivity (Wildman–Crippen MR) is 170 cm³/mol. The number of pyridine rings is 2. The Morgan fingerprint density at radius 2 is 1.64 bits per heavy atom. The zero-order valence-corrected chi connectivity index (χ0v) is 27.4. The van der Waals surface area contributed by atoms with Crippen molar-refractivity contribution >= 4 is 27.7 Å². The molecule has 2 aromatic heterocycles. The molecule has 1 amide bonds. The summed E-state index contributed by atoms with van der Waals surface area (Å²) < 4.78 is 33.8. The van der Waals surface area contributed by atoms with Crippen LogP contribution in [0, 0.1) is 5.92 Å². The summed E-state index contributed by atoms with van der Waals surface area (Å²) in [6, 6.07) is 16.5. The van der Waals surface area contributed by atoms with Gasteiger partial charge in [-0.15, -0.1) is 0 Å². The molecule has 1 unspecified atom stereocenters. The third-order valence-corrected chi connectivity index (χ3v) is 9.40. The number of anilines is 1. The number of rotatable bonds is 12. The molecule has 0 fully saturated rings. The molecule has 3 rings (SSSR count). The maximum atomic E-state index is 14.2. The van der Waals surface area contributed by atoms with Crippen LogP contribution in [0.1, 0.15) is 78.1 Å². The number of hydrogen-bond donors (Lipinski definition) is 2. The summed E-state index contributed by atoms with van der Waals surface area (Å²) in [7, 11) is -4.37. The molecular formula is C33H44N4O6S. The molecule has 1 aromatic carbocycles. The molecule has 1 atom stereocenters. The minimum absolute atomic E-state index is 0.0756. The van der Waals surface area contributed by atoms with E-state index >= 15 is 0 Å². The lowest BCUT2D eigenvalue weighted by Gasteiger charge is -2.31. The number of benzene rings is 1. The number of amides is 1. The number of hydrogen-bond acceptors (Lipinski definition) is 8. The summed E-state index contributed by atoms with van der Waals surface area (Å²) in [6.45, 7) is 12.9. The van der Waals surface area contributed by atoms with Crippen molar-refractivity contribution in [3.63, 3.8) is 0 Å². The number of nitrogens with zero attached hydrogens (tertiary/aromatic N) is 3. The molecular weight excluding hydrogens is 580 g/mol. The first-order valence-electron chi connectivity index (χ1n) is 14.6. The van der Waals surface area contributed by atoms with Crippen LogP contribution < -0.4 is 10.6 Å². The summed E-state index contributed by atoms with van der Waals surface area (Å²) >= 11 is 0. The summed E-state index contributed by atoms with van der Waals surface area (Å²) in [5.74, 6) is -0.847. The zero-order valence-electron chi connectivity index (χ0n) is 26.6. The lowest BCUT2D eigenvalue weighted by Crippen LogP contribution is -2.48. The third kappa shape index (κ3) is 8.41. The molecule has 11 heteroatoms. The van der Waals surface area contributed by atoms with Gasteiger partial charge in [0.25, 0.3) is 0 Å². The number of sulfone groups is 1. The zero-order chi connectivity index (χ0) is 32.9. The third-order valence-electron chi connectivity index (χ3n) is 7.29. The second kappa shape index (κ2) is 13.4. The van der Waals surface area contributed by atoms with Crippen molar-refractivity contribution in [3.8, 4) is 0 Å². The first-order chi connectivity index (χ1) is 20.4. The molecule has 10 nitrogen and oxygen atoms in total. The van der Waals surface area contributed by atoms with Crippen LogP contribution in [0.25, 0.3) is 0 Å². The molecule has 0 aliphatic heterocycles. The maximum absolute atomic E-state index is 14.2. The Kier molecular flexibility index (Phi) is 10.6. The van der Waals surface area contributed by atoms with Crippen molar-refractivity contribution in [3.05, 3.63) is 83.7 Å². The highest BCUT2D eigenvalue weighted by molar-refractivity contribution is 7.92. The average molecular weight is 625 g/mol. The summed E-state index contributed by atoms with van der Waals surface area (Å²) in [4.78, 5) is 31.9. The fraction of sp³-hybridized carbons (Fsp3) is 0.455. The quantitative estimate of drug-likeness (QED) is 0.253. The molecule has 238 valence electrons. The van der Waals surface area contributed by atoms with Gasteiger partial charge in [-0.05, 0) is 73.9 Å². The lowest BCUT2D eigenvalue weighted by atomic mass is 9.78. The van der Waals surface area contributed by atoms with Crippen LogP contribution in [0.2, 0.25) is 0 Å². The van der Waals surface area contributed by atoms with Gasteiger partial charge in [-0.1, -0.05) is 70.5 Å². The molecule has 0 aliphatic rings. The van der Waals surface area contributed by atoms with Gasteiger partial charge in [-0.2, -0.15) is 0 Å². The summed E-state index contributed by atoms with van der Waals surface area (Å²) in [5, 5.41) is 9.29. The highest BCUT2D eigenvalue weighted by Gasteiger charge is 2.45. The van der Waals surface area contributed by atoms with Crippen molar-refractivity contribution in [1.82, 2.24) is 9.97 Å². The van der Waals surface area contributed by atoms with Crippen molar-refractivity contribution in [2.75, 3.05) is 11.4 Å². The van der Waals surface area contributed by atoms with E-state index in [-0.39, 0.29) is 28.4 Å². The van der Waals surface area contributed by atoms with E-state index in [1.807, 2.05) is 24.3 Å². The fourth-order valence-electron chi connectivity index (χ4n) is 4.69. The molecule has 3 aromatic rings. The second-order valence-electron chi connectivity index (χ2n) is 13.1. The van der Waals surface area contributed by atoms with Gasteiger partial charge in [0.15, 0.2) is 9.90 Å². The van der Waals surface area contributed by atoms with E-state index in [0.717, 1.165) is 23.3 Å². The Bertz CT molecular complexity index is 1550. The Morgan fingerprint density at radius 1 is 0.977 bits per heavy atom. The maximum Gasteiger partial charge on any atom is 0.416 e. The SMILES string of the molecule is CC(C)CCC(C)(C)c1ccc(CC(N)(c2cccc(N(CC(=O)O)C(=O)OC(C)(C)C)n2)S(=O)(=O)c2ccccn2)cc1. The number of nitrogens with two attached hydrogens (primary N) is 1. The molecule has 0 spiro atoms. The first-order valence-corrected chi connectivity index (χ1v) is 16.1. The molecule has 0 radical (unpaired) electrons. The Labute approximate surface area is 260 Å². The largest absolute Gasteiger partial charge is 0.480 e. The normalized spacial score (nSPS) is 13.8. The highest BCUT2D eigenvalue weighted by atomic mass is 32.2. The predicted octanol–water partition coefficient (Wildman–Crippen LogP) is 5.84. The van der Waals surface area contributed by atoms with Gasteiger partial charge in [0.1, 0.15) is 18.0 Å². The minimum atomic E-state index is -4.37. The van der Waals surface area contributed by atoms with Crippen molar-refractivity contribution in [1.29, 1.82) is 0 Å². The van der Waals surface area contributed by atoms with Crippen LogP contribution >= 0.6 is 0 Å². The van der Waals surface area contributed by atoms with E-state index in [0.29, 0.717) is 11.5 Å². The van der Waals surface area contributed by atoms with Gasteiger partial charge in [0.2, 0.25) is 9.84 Å². The van der Waals surface area contributed by atoms with Crippen LogP contribution in [-0.2, 0) is 36.1 Å². The number of carbonyl (C=O) groups is 2. The summed E-state index contributed by atoms with van der Waals surface area (Å²) in [6.07, 6.45) is 2.33. The van der Waals surface area contributed by atoms with E-state index in [1.54, 1.807) is 32.9 Å². The molecule has 3 N–H and O–H groups in total. The average Bonchev–Trinajstić information content (AvgIpc) is 2.94. The number of carboxylic acids is 1. The van der Waals surface area contributed by atoms with E-state index in [9.17, 15) is 23.1 Å².